The van der Waals surface area contributed by atoms with Crippen LogP contribution in [-0.2, 0) is 0 Å². The Kier molecular flexibility index (Phi) is 5.63. The molecule has 2 atom stereocenters. The van der Waals surface area contributed by atoms with Gasteiger partial charge in [-0.3, -0.25) is 0 Å². The van der Waals surface area contributed by atoms with Crippen LogP contribution in [-0.4, -0.2) is 19.7 Å². The summed E-state index contributed by atoms with van der Waals surface area (Å²) in [5, 5.41) is 6.18. The van der Waals surface area contributed by atoms with E-state index in [-0.39, 0.29) is 0 Å². The Morgan fingerprint density at radius 1 is 1.05 bits per heavy atom. The molecule has 0 amide bonds. The molecular formula is C19H27NO. The van der Waals surface area contributed by atoms with Gasteiger partial charge in [-0.1, -0.05) is 45.0 Å². The standard InChI is InChI=1S/C19H27NO/c1-5-11-20-19(6-2)14(3)15-7-8-17-13-18(21-4)10-9-16(17)12-15/h7-10,12-14,19-20H,5-6,11H2,1-4H3. The monoisotopic (exact) mass is 285 g/mol. The average molecular weight is 285 g/mol. The van der Waals surface area contributed by atoms with Gasteiger partial charge >= 0.3 is 0 Å². The predicted molar refractivity (Wildman–Crippen MR) is 91.3 cm³/mol. The summed E-state index contributed by atoms with van der Waals surface area (Å²) in [6.45, 7) is 7.89. The number of ether oxygens (including phenoxy) is 1. The Bertz CT molecular complexity index is 579. The first-order chi connectivity index (χ1) is 10.2. The highest BCUT2D eigenvalue weighted by atomic mass is 16.5. The van der Waals surface area contributed by atoms with Crippen molar-refractivity contribution in [1.82, 2.24) is 5.32 Å². The normalized spacial score (nSPS) is 14.1. The lowest BCUT2D eigenvalue weighted by atomic mass is 9.90. The van der Waals surface area contributed by atoms with Crippen molar-refractivity contribution >= 4 is 10.8 Å². The number of benzene rings is 2. The maximum Gasteiger partial charge on any atom is 0.119 e. The van der Waals surface area contributed by atoms with E-state index in [9.17, 15) is 0 Å². The van der Waals surface area contributed by atoms with Crippen LogP contribution >= 0.6 is 0 Å². The topological polar surface area (TPSA) is 21.3 Å². The molecule has 0 bridgehead atoms. The number of rotatable bonds is 7. The van der Waals surface area contributed by atoms with E-state index in [1.807, 2.05) is 6.07 Å². The van der Waals surface area contributed by atoms with Crippen molar-refractivity contribution in [2.24, 2.45) is 0 Å². The summed E-state index contributed by atoms with van der Waals surface area (Å²) in [6.07, 6.45) is 2.34. The van der Waals surface area contributed by atoms with E-state index in [1.165, 1.54) is 22.8 Å². The predicted octanol–water partition coefficient (Wildman–Crippen LogP) is 4.73. The molecule has 0 aliphatic rings. The van der Waals surface area contributed by atoms with E-state index < -0.39 is 0 Å². The molecule has 0 aliphatic carbocycles. The van der Waals surface area contributed by atoms with Crippen LogP contribution in [0.2, 0.25) is 0 Å². The smallest absolute Gasteiger partial charge is 0.119 e. The van der Waals surface area contributed by atoms with Gasteiger partial charge in [0.1, 0.15) is 5.75 Å². The van der Waals surface area contributed by atoms with Gasteiger partial charge in [-0.15, -0.1) is 0 Å². The van der Waals surface area contributed by atoms with Gasteiger partial charge in [0.05, 0.1) is 7.11 Å². The molecule has 2 heteroatoms. The van der Waals surface area contributed by atoms with Crippen molar-refractivity contribution < 1.29 is 4.74 Å². The summed E-state index contributed by atoms with van der Waals surface area (Å²) < 4.78 is 5.29. The van der Waals surface area contributed by atoms with Gasteiger partial charge in [-0.25, -0.2) is 0 Å². The van der Waals surface area contributed by atoms with Crippen molar-refractivity contribution in [3.05, 3.63) is 42.0 Å². The van der Waals surface area contributed by atoms with Crippen LogP contribution in [0.4, 0.5) is 0 Å². The van der Waals surface area contributed by atoms with E-state index in [2.05, 4.69) is 56.4 Å². The van der Waals surface area contributed by atoms with E-state index in [4.69, 9.17) is 4.74 Å². The van der Waals surface area contributed by atoms with Crippen LogP contribution < -0.4 is 10.1 Å². The van der Waals surface area contributed by atoms with Gasteiger partial charge in [0.2, 0.25) is 0 Å². The summed E-state index contributed by atoms with van der Waals surface area (Å²) in [5.41, 5.74) is 1.41. The van der Waals surface area contributed by atoms with Crippen molar-refractivity contribution in [3.8, 4) is 5.75 Å². The molecule has 21 heavy (non-hydrogen) atoms. The summed E-state index contributed by atoms with van der Waals surface area (Å²) in [7, 11) is 1.71. The molecule has 1 N–H and O–H groups in total. The van der Waals surface area contributed by atoms with Crippen molar-refractivity contribution in [2.75, 3.05) is 13.7 Å². The number of hydrogen-bond acceptors (Lipinski definition) is 2. The first-order valence-corrected chi connectivity index (χ1v) is 8.00. The zero-order valence-electron chi connectivity index (χ0n) is 13.6. The SMILES string of the molecule is CCCNC(CC)C(C)c1ccc2cc(OC)ccc2c1. The molecule has 0 saturated heterocycles. The lowest BCUT2D eigenvalue weighted by Gasteiger charge is -2.24. The van der Waals surface area contributed by atoms with Gasteiger partial charge in [-0.05, 0) is 53.8 Å². The Balaban J connectivity index is 2.24. The van der Waals surface area contributed by atoms with Crippen LogP contribution in [0, 0.1) is 0 Å². The molecule has 0 spiro atoms. The molecule has 0 radical (unpaired) electrons. The van der Waals surface area contributed by atoms with Gasteiger partial charge in [0.15, 0.2) is 0 Å². The zero-order valence-corrected chi connectivity index (χ0v) is 13.6. The second-order valence-corrected chi connectivity index (χ2v) is 5.73. The van der Waals surface area contributed by atoms with Crippen molar-refractivity contribution in [1.29, 1.82) is 0 Å². The third-order valence-electron chi connectivity index (χ3n) is 4.30. The second-order valence-electron chi connectivity index (χ2n) is 5.73. The molecule has 2 unspecified atom stereocenters. The number of nitrogens with one attached hydrogen (secondary N) is 1. The highest BCUT2D eigenvalue weighted by molar-refractivity contribution is 5.84. The minimum atomic E-state index is 0.521. The third-order valence-corrected chi connectivity index (χ3v) is 4.30. The quantitative estimate of drug-likeness (QED) is 0.794. The fourth-order valence-corrected chi connectivity index (χ4v) is 2.89. The van der Waals surface area contributed by atoms with E-state index in [1.54, 1.807) is 7.11 Å². The molecule has 2 aromatic carbocycles. The molecule has 0 fully saturated rings. The number of fused-ring (bicyclic) bond motifs is 1. The molecule has 0 heterocycles. The molecule has 0 aliphatic heterocycles. The van der Waals surface area contributed by atoms with Crippen LogP contribution in [0.3, 0.4) is 0 Å². The highest BCUT2D eigenvalue weighted by Gasteiger charge is 2.16. The van der Waals surface area contributed by atoms with Crippen LogP contribution in [0.25, 0.3) is 10.8 Å². The molecular weight excluding hydrogens is 258 g/mol. The summed E-state index contributed by atoms with van der Waals surface area (Å²) >= 11 is 0. The summed E-state index contributed by atoms with van der Waals surface area (Å²) in [5.74, 6) is 1.44. The Morgan fingerprint density at radius 2 is 1.76 bits per heavy atom. The third kappa shape index (κ3) is 3.76. The maximum absolute atomic E-state index is 5.29. The van der Waals surface area contributed by atoms with Crippen LogP contribution in [0.1, 0.15) is 45.1 Å². The lowest BCUT2D eigenvalue weighted by molar-refractivity contribution is 0.415. The minimum Gasteiger partial charge on any atom is -0.497 e. The largest absolute Gasteiger partial charge is 0.497 e. The van der Waals surface area contributed by atoms with Crippen LogP contribution in [0.5, 0.6) is 5.75 Å². The number of hydrogen-bond donors (Lipinski definition) is 1. The fourth-order valence-electron chi connectivity index (χ4n) is 2.89. The van der Waals surface area contributed by atoms with Crippen molar-refractivity contribution in [2.45, 2.75) is 45.6 Å². The van der Waals surface area contributed by atoms with Gasteiger partial charge in [0, 0.05) is 6.04 Å². The average Bonchev–Trinajstić information content (AvgIpc) is 2.54. The van der Waals surface area contributed by atoms with Gasteiger partial charge in [0.25, 0.3) is 0 Å². The van der Waals surface area contributed by atoms with E-state index >= 15 is 0 Å². The molecule has 2 rings (SSSR count). The van der Waals surface area contributed by atoms with E-state index in [0.717, 1.165) is 18.7 Å². The number of methoxy groups -OCH3 is 1. The molecule has 2 aromatic rings. The Hall–Kier alpha value is -1.54. The minimum absolute atomic E-state index is 0.521. The molecule has 114 valence electrons. The molecule has 0 saturated carbocycles. The fraction of sp³-hybridized carbons (Fsp3) is 0.474. The zero-order chi connectivity index (χ0) is 15.2. The first-order valence-electron chi connectivity index (χ1n) is 8.00. The second kappa shape index (κ2) is 7.46. The molecule has 0 aromatic heterocycles. The van der Waals surface area contributed by atoms with Crippen LogP contribution in [0.15, 0.2) is 36.4 Å². The maximum atomic E-state index is 5.29. The van der Waals surface area contributed by atoms with Crippen molar-refractivity contribution in [3.63, 3.8) is 0 Å². The first kappa shape index (κ1) is 15.8. The van der Waals surface area contributed by atoms with Gasteiger partial charge in [-0.2, -0.15) is 0 Å². The Morgan fingerprint density at radius 3 is 2.43 bits per heavy atom. The Labute approximate surface area is 128 Å². The summed E-state index contributed by atoms with van der Waals surface area (Å²) in [6, 6.07) is 13.6. The molecule has 2 nitrogen and oxygen atoms in total. The highest BCUT2D eigenvalue weighted by Crippen LogP contribution is 2.27. The van der Waals surface area contributed by atoms with E-state index in [0.29, 0.717) is 12.0 Å². The van der Waals surface area contributed by atoms with Gasteiger partial charge < -0.3 is 10.1 Å². The summed E-state index contributed by atoms with van der Waals surface area (Å²) in [4.78, 5) is 0. The lowest BCUT2D eigenvalue weighted by Crippen LogP contribution is -2.33.